The largest absolute Gasteiger partial charge is 0.373 e. The molecule has 3 heteroatoms. The monoisotopic (exact) mass is 193 g/mol. The average Bonchev–Trinajstić information content (AvgIpc) is 2.20. The Bertz CT molecular complexity index is 302. The molecule has 0 bridgehead atoms. The zero-order valence-corrected chi connectivity index (χ0v) is 8.78. The van der Waals surface area contributed by atoms with Crippen LogP contribution in [0.3, 0.4) is 0 Å². The summed E-state index contributed by atoms with van der Waals surface area (Å²) in [5.74, 6) is 0.00231. The van der Waals surface area contributed by atoms with Gasteiger partial charge in [-0.2, -0.15) is 0 Å². The van der Waals surface area contributed by atoms with Gasteiger partial charge in [0.05, 0.1) is 0 Å². The van der Waals surface area contributed by atoms with Crippen LogP contribution in [0.15, 0.2) is 18.3 Å². The van der Waals surface area contributed by atoms with Crippen LogP contribution in [0, 0.1) is 6.92 Å². The van der Waals surface area contributed by atoms with E-state index in [0.29, 0.717) is 12.0 Å². The molecule has 0 aliphatic heterocycles. The summed E-state index contributed by atoms with van der Waals surface area (Å²) in [5.41, 5.74) is 1.52. The van der Waals surface area contributed by atoms with Crippen molar-refractivity contribution in [2.24, 2.45) is 0 Å². The second kappa shape index (κ2) is 4.86. The van der Waals surface area contributed by atoms with E-state index in [1.54, 1.807) is 19.4 Å². The lowest BCUT2D eigenvalue weighted by molar-refractivity contribution is 0.0595. The molecule has 0 aliphatic rings. The predicted octanol–water partition coefficient (Wildman–Crippen LogP) is 2.00. The quantitative estimate of drug-likeness (QED) is 0.686. The molecule has 0 amide bonds. The zero-order valence-electron chi connectivity index (χ0n) is 8.78. The van der Waals surface area contributed by atoms with Gasteiger partial charge in [-0.1, -0.05) is 6.92 Å². The van der Waals surface area contributed by atoms with Crippen molar-refractivity contribution in [3.63, 3.8) is 0 Å². The van der Waals surface area contributed by atoms with Crippen molar-refractivity contribution in [2.45, 2.75) is 26.4 Å². The molecule has 1 unspecified atom stereocenters. The fraction of sp³-hybridized carbons (Fsp3) is 0.455. The molecule has 1 aromatic heterocycles. The van der Waals surface area contributed by atoms with Gasteiger partial charge in [0, 0.05) is 24.6 Å². The molecule has 0 aromatic carbocycles. The van der Waals surface area contributed by atoms with Crippen LogP contribution in [0.5, 0.6) is 0 Å². The molecule has 0 radical (unpaired) electrons. The van der Waals surface area contributed by atoms with Gasteiger partial charge in [-0.25, -0.2) is 0 Å². The summed E-state index contributed by atoms with van der Waals surface area (Å²) >= 11 is 0. The number of nitrogens with zero attached hydrogens (tertiary/aromatic N) is 1. The first-order valence-electron chi connectivity index (χ1n) is 4.68. The number of aryl methyl sites for hydroxylation is 1. The van der Waals surface area contributed by atoms with Gasteiger partial charge in [-0.15, -0.1) is 0 Å². The van der Waals surface area contributed by atoms with Gasteiger partial charge in [0.15, 0.2) is 5.78 Å². The number of carbonyl (C=O) groups excluding carboxylic acids is 1. The minimum absolute atomic E-state index is 0.00231. The molecule has 0 N–H and O–H groups in total. The molecule has 1 heterocycles. The van der Waals surface area contributed by atoms with Crippen molar-refractivity contribution >= 4 is 5.78 Å². The second-order valence-electron chi connectivity index (χ2n) is 3.19. The van der Waals surface area contributed by atoms with Gasteiger partial charge in [0.1, 0.15) is 6.10 Å². The smallest absolute Gasteiger partial charge is 0.193 e. The molecule has 0 fully saturated rings. The van der Waals surface area contributed by atoms with Crippen molar-refractivity contribution in [3.05, 3.63) is 29.6 Å². The van der Waals surface area contributed by atoms with Crippen LogP contribution in [0.25, 0.3) is 0 Å². The third-order valence-corrected chi connectivity index (χ3v) is 2.14. The first-order chi connectivity index (χ1) is 6.69. The standard InChI is InChI=1S/C11H15NO2/c1-4-10(14-3)11(13)9-6-5-8(2)12-7-9/h5-7,10H,4H2,1-3H3. The van der Waals surface area contributed by atoms with Gasteiger partial charge in [0.25, 0.3) is 0 Å². The van der Waals surface area contributed by atoms with Crippen molar-refractivity contribution in [1.82, 2.24) is 4.98 Å². The molecule has 0 saturated carbocycles. The number of hydrogen-bond donors (Lipinski definition) is 0. The molecule has 14 heavy (non-hydrogen) atoms. The molecule has 1 rings (SSSR count). The highest BCUT2D eigenvalue weighted by molar-refractivity contribution is 5.99. The third-order valence-electron chi connectivity index (χ3n) is 2.14. The van der Waals surface area contributed by atoms with Gasteiger partial charge in [0.2, 0.25) is 0 Å². The van der Waals surface area contributed by atoms with Crippen LogP contribution in [-0.2, 0) is 4.74 Å². The van der Waals surface area contributed by atoms with E-state index in [1.165, 1.54) is 0 Å². The molecule has 0 saturated heterocycles. The van der Waals surface area contributed by atoms with Gasteiger partial charge < -0.3 is 4.74 Å². The summed E-state index contributed by atoms with van der Waals surface area (Å²) in [5, 5.41) is 0. The zero-order chi connectivity index (χ0) is 10.6. The molecule has 0 spiro atoms. The maximum absolute atomic E-state index is 11.8. The lowest BCUT2D eigenvalue weighted by Gasteiger charge is -2.11. The summed E-state index contributed by atoms with van der Waals surface area (Å²) in [6.07, 6.45) is 1.93. The Morgan fingerprint density at radius 1 is 1.57 bits per heavy atom. The van der Waals surface area contributed by atoms with Gasteiger partial charge in [-0.3, -0.25) is 9.78 Å². The molecule has 0 aliphatic carbocycles. The van der Waals surface area contributed by atoms with E-state index in [9.17, 15) is 4.79 Å². The molecule has 1 aromatic rings. The second-order valence-corrected chi connectivity index (χ2v) is 3.19. The van der Waals surface area contributed by atoms with Crippen molar-refractivity contribution < 1.29 is 9.53 Å². The van der Waals surface area contributed by atoms with E-state index in [4.69, 9.17) is 4.74 Å². The summed E-state index contributed by atoms with van der Waals surface area (Å²) in [7, 11) is 1.55. The molecule has 76 valence electrons. The fourth-order valence-corrected chi connectivity index (χ4v) is 1.26. The maximum atomic E-state index is 11.8. The number of aromatic nitrogens is 1. The number of Topliss-reactive ketones (excluding diaryl/α,β-unsaturated/α-hetero) is 1. The van der Waals surface area contributed by atoms with Gasteiger partial charge >= 0.3 is 0 Å². The number of pyridine rings is 1. The third kappa shape index (κ3) is 2.39. The lowest BCUT2D eigenvalue weighted by Crippen LogP contribution is -2.22. The normalized spacial score (nSPS) is 12.5. The maximum Gasteiger partial charge on any atom is 0.193 e. The Kier molecular flexibility index (Phi) is 3.77. The minimum Gasteiger partial charge on any atom is -0.373 e. The van der Waals surface area contributed by atoms with E-state index in [0.717, 1.165) is 5.69 Å². The van der Waals surface area contributed by atoms with Crippen LogP contribution in [0.1, 0.15) is 29.4 Å². The molecular weight excluding hydrogens is 178 g/mol. The Morgan fingerprint density at radius 3 is 2.71 bits per heavy atom. The van der Waals surface area contributed by atoms with Crippen molar-refractivity contribution in [2.75, 3.05) is 7.11 Å². The van der Waals surface area contributed by atoms with Gasteiger partial charge in [-0.05, 0) is 25.5 Å². The van der Waals surface area contributed by atoms with Crippen LogP contribution in [0.2, 0.25) is 0 Å². The number of carbonyl (C=O) groups is 1. The first-order valence-corrected chi connectivity index (χ1v) is 4.68. The fourth-order valence-electron chi connectivity index (χ4n) is 1.26. The number of rotatable bonds is 4. The number of ketones is 1. The van der Waals surface area contributed by atoms with E-state index in [1.807, 2.05) is 19.9 Å². The molecule has 3 nitrogen and oxygen atoms in total. The topological polar surface area (TPSA) is 39.2 Å². The van der Waals surface area contributed by atoms with E-state index in [-0.39, 0.29) is 11.9 Å². The highest BCUT2D eigenvalue weighted by atomic mass is 16.5. The van der Waals surface area contributed by atoms with E-state index >= 15 is 0 Å². The Morgan fingerprint density at radius 2 is 2.29 bits per heavy atom. The minimum atomic E-state index is -0.348. The molecule has 1 atom stereocenters. The molecular formula is C11H15NO2. The lowest BCUT2D eigenvalue weighted by atomic mass is 10.1. The van der Waals surface area contributed by atoms with Crippen molar-refractivity contribution in [1.29, 1.82) is 0 Å². The summed E-state index contributed by atoms with van der Waals surface area (Å²) in [6, 6.07) is 3.61. The SMILES string of the molecule is CCC(OC)C(=O)c1ccc(C)nc1. The summed E-state index contributed by atoms with van der Waals surface area (Å²) in [6.45, 7) is 3.82. The van der Waals surface area contributed by atoms with Crippen LogP contribution in [0.4, 0.5) is 0 Å². The first kappa shape index (κ1) is 10.9. The number of hydrogen-bond acceptors (Lipinski definition) is 3. The van der Waals surface area contributed by atoms with Crippen LogP contribution >= 0.6 is 0 Å². The number of methoxy groups -OCH3 is 1. The Balaban J connectivity index is 2.83. The summed E-state index contributed by atoms with van der Waals surface area (Å²) < 4.78 is 5.07. The Labute approximate surface area is 84.1 Å². The van der Waals surface area contributed by atoms with E-state index in [2.05, 4.69) is 4.98 Å². The Hall–Kier alpha value is -1.22. The average molecular weight is 193 g/mol. The number of ether oxygens (including phenoxy) is 1. The van der Waals surface area contributed by atoms with Crippen LogP contribution < -0.4 is 0 Å². The highest BCUT2D eigenvalue weighted by Crippen LogP contribution is 2.08. The van der Waals surface area contributed by atoms with Crippen molar-refractivity contribution in [3.8, 4) is 0 Å². The predicted molar refractivity (Wildman–Crippen MR) is 54.4 cm³/mol. The van der Waals surface area contributed by atoms with E-state index < -0.39 is 0 Å². The highest BCUT2D eigenvalue weighted by Gasteiger charge is 2.17. The van der Waals surface area contributed by atoms with Crippen LogP contribution in [-0.4, -0.2) is 24.0 Å². The summed E-state index contributed by atoms with van der Waals surface area (Å²) in [4.78, 5) is 15.8.